The van der Waals surface area contributed by atoms with Crippen molar-refractivity contribution in [1.29, 1.82) is 0 Å². The van der Waals surface area contributed by atoms with Gasteiger partial charge in [0.2, 0.25) is 0 Å². The van der Waals surface area contributed by atoms with Gasteiger partial charge in [0.05, 0.1) is 12.7 Å². The number of thiophene rings is 1. The fourth-order valence-corrected chi connectivity index (χ4v) is 4.09. The van der Waals surface area contributed by atoms with Crippen molar-refractivity contribution in [3.8, 4) is 0 Å². The van der Waals surface area contributed by atoms with Crippen LogP contribution < -0.4 is 5.32 Å². The molecule has 90 valence electrons. The third-order valence-corrected chi connectivity index (χ3v) is 5.41. The Morgan fingerprint density at radius 2 is 2.38 bits per heavy atom. The van der Waals surface area contributed by atoms with Crippen LogP contribution in [0.4, 0.5) is 0 Å². The van der Waals surface area contributed by atoms with Crippen LogP contribution in [0.3, 0.4) is 0 Å². The molecule has 4 heteroatoms. The van der Waals surface area contributed by atoms with Crippen LogP contribution in [-0.4, -0.2) is 19.8 Å². The smallest absolute Gasteiger partial charge is 0.0551 e. The number of aryl methyl sites for hydroxylation is 1. The number of hydrogen-bond acceptors (Lipinski definition) is 3. The van der Waals surface area contributed by atoms with Crippen LogP contribution in [0.15, 0.2) is 10.5 Å². The molecule has 2 rings (SSSR count). The minimum atomic E-state index is 0.408. The largest absolute Gasteiger partial charge is 0.378 e. The first-order valence-corrected chi connectivity index (χ1v) is 7.27. The van der Waals surface area contributed by atoms with Gasteiger partial charge in [0.25, 0.3) is 0 Å². The lowest BCUT2D eigenvalue weighted by atomic mass is 9.96. The van der Waals surface area contributed by atoms with Crippen molar-refractivity contribution < 1.29 is 4.74 Å². The lowest BCUT2D eigenvalue weighted by molar-refractivity contribution is 0.117. The molecule has 3 unspecified atom stereocenters. The number of hydrogen-bond donors (Lipinski definition) is 1. The first-order chi connectivity index (χ1) is 7.61. The molecule has 0 radical (unpaired) electrons. The Labute approximate surface area is 110 Å². The zero-order valence-corrected chi connectivity index (χ0v) is 12.3. The summed E-state index contributed by atoms with van der Waals surface area (Å²) in [6.45, 7) is 5.18. The SMILES string of the molecule is CNC(c1cc(Br)c(C)s1)C1COC(C)C1. The summed E-state index contributed by atoms with van der Waals surface area (Å²) in [5.74, 6) is 0.602. The first-order valence-electron chi connectivity index (χ1n) is 5.66. The first kappa shape index (κ1) is 12.6. The summed E-state index contributed by atoms with van der Waals surface area (Å²) in [6.07, 6.45) is 1.56. The van der Waals surface area contributed by atoms with E-state index in [9.17, 15) is 0 Å². The summed E-state index contributed by atoms with van der Waals surface area (Å²) in [5.41, 5.74) is 0. The Morgan fingerprint density at radius 3 is 2.81 bits per heavy atom. The highest BCUT2D eigenvalue weighted by Crippen LogP contribution is 2.37. The average molecular weight is 304 g/mol. The fourth-order valence-electron chi connectivity index (χ4n) is 2.33. The second kappa shape index (κ2) is 5.17. The van der Waals surface area contributed by atoms with Crippen LogP contribution in [0.25, 0.3) is 0 Å². The van der Waals surface area contributed by atoms with Gasteiger partial charge >= 0.3 is 0 Å². The molecule has 0 aliphatic carbocycles. The summed E-state index contributed by atoms with van der Waals surface area (Å²) in [4.78, 5) is 2.76. The fraction of sp³-hybridized carbons (Fsp3) is 0.667. The predicted molar refractivity (Wildman–Crippen MR) is 72.1 cm³/mol. The highest BCUT2D eigenvalue weighted by molar-refractivity contribution is 9.10. The highest BCUT2D eigenvalue weighted by Gasteiger charge is 2.30. The normalized spacial score (nSPS) is 27.2. The molecule has 1 N–H and O–H groups in total. The van der Waals surface area contributed by atoms with Crippen molar-refractivity contribution in [2.24, 2.45) is 5.92 Å². The summed E-state index contributed by atoms with van der Waals surface area (Å²) in [6, 6.07) is 2.67. The van der Waals surface area contributed by atoms with Gasteiger partial charge in [0.1, 0.15) is 0 Å². The summed E-state index contributed by atoms with van der Waals surface area (Å²) in [7, 11) is 2.04. The Hall–Kier alpha value is 0.1000. The van der Waals surface area contributed by atoms with E-state index in [0.717, 1.165) is 13.0 Å². The van der Waals surface area contributed by atoms with Gasteiger partial charge in [-0.3, -0.25) is 0 Å². The molecule has 1 aliphatic heterocycles. The van der Waals surface area contributed by atoms with Crippen molar-refractivity contribution in [1.82, 2.24) is 5.32 Å². The van der Waals surface area contributed by atoms with E-state index in [1.54, 1.807) is 0 Å². The molecule has 2 nitrogen and oxygen atoms in total. The summed E-state index contributed by atoms with van der Waals surface area (Å²) < 4.78 is 6.88. The van der Waals surface area contributed by atoms with Gasteiger partial charge in [-0.15, -0.1) is 11.3 Å². The zero-order chi connectivity index (χ0) is 11.7. The van der Waals surface area contributed by atoms with Gasteiger partial charge in [0, 0.05) is 26.2 Å². The Morgan fingerprint density at radius 1 is 1.62 bits per heavy atom. The van der Waals surface area contributed by atoms with Crippen LogP contribution in [0.5, 0.6) is 0 Å². The lowest BCUT2D eigenvalue weighted by Gasteiger charge is -2.20. The van der Waals surface area contributed by atoms with Crippen molar-refractivity contribution in [3.05, 3.63) is 20.3 Å². The van der Waals surface area contributed by atoms with Gasteiger partial charge in [-0.05, 0) is 49.3 Å². The highest BCUT2D eigenvalue weighted by atomic mass is 79.9. The molecule has 0 amide bonds. The quantitative estimate of drug-likeness (QED) is 0.923. The molecule has 0 bridgehead atoms. The van der Waals surface area contributed by atoms with Crippen molar-refractivity contribution in [2.75, 3.05) is 13.7 Å². The van der Waals surface area contributed by atoms with E-state index in [1.165, 1.54) is 14.2 Å². The van der Waals surface area contributed by atoms with E-state index in [4.69, 9.17) is 4.74 Å². The van der Waals surface area contributed by atoms with Crippen LogP contribution in [0.1, 0.15) is 29.1 Å². The number of ether oxygens (including phenoxy) is 1. The maximum atomic E-state index is 5.66. The Kier molecular flexibility index (Phi) is 4.06. The molecule has 3 atom stereocenters. The second-order valence-electron chi connectivity index (χ2n) is 4.46. The van der Waals surface area contributed by atoms with Crippen molar-refractivity contribution in [2.45, 2.75) is 32.4 Å². The van der Waals surface area contributed by atoms with E-state index < -0.39 is 0 Å². The van der Waals surface area contributed by atoms with Gasteiger partial charge in [0.15, 0.2) is 0 Å². The molecule has 0 spiro atoms. The molecule has 16 heavy (non-hydrogen) atoms. The summed E-state index contributed by atoms with van der Waals surface area (Å²) in [5, 5.41) is 3.43. The maximum absolute atomic E-state index is 5.66. The number of rotatable bonds is 3. The lowest BCUT2D eigenvalue weighted by Crippen LogP contribution is -2.24. The number of halogens is 1. The Bertz CT molecular complexity index is 346. The molecule has 1 saturated heterocycles. The Balaban J connectivity index is 2.16. The maximum Gasteiger partial charge on any atom is 0.0551 e. The van der Waals surface area contributed by atoms with E-state index in [1.807, 2.05) is 18.4 Å². The van der Waals surface area contributed by atoms with Crippen molar-refractivity contribution in [3.63, 3.8) is 0 Å². The molecule has 2 heterocycles. The van der Waals surface area contributed by atoms with E-state index >= 15 is 0 Å². The minimum Gasteiger partial charge on any atom is -0.378 e. The van der Waals surface area contributed by atoms with Crippen LogP contribution in [0.2, 0.25) is 0 Å². The molecule has 0 saturated carbocycles. The predicted octanol–water partition coefficient (Wildman–Crippen LogP) is 3.50. The van der Waals surface area contributed by atoms with Gasteiger partial charge in [-0.1, -0.05) is 0 Å². The van der Waals surface area contributed by atoms with Crippen LogP contribution >= 0.6 is 27.3 Å². The topological polar surface area (TPSA) is 21.3 Å². The van der Waals surface area contributed by atoms with Gasteiger partial charge in [-0.2, -0.15) is 0 Å². The zero-order valence-electron chi connectivity index (χ0n) is 9.92. The van der Waals surface area contributed by atoms with E-state index in [-0.39, 0.29) is 0 Å². The molecule has 1 aromatic rings. The molecule has 0 aromatic carbocycles. The standard InChI is InChI=1S/C12H18BrNOS/c1-7-4-9(6-15-7)12(14-3)11-5-10(13)8(2)16-11/h5,7,9,12,14H,4,6H2,1-3H3. The molecule has 1 fully saturated rings. The second-order valence-corrected chi connectivity index (χ2v) is 6.60. The average Bonchev–Trinajstić information content (AvgIpc) is 2.77. The van der Waals surface area contributed by atoms with E-state index in [0.29, 0.717) is 18.1 Å². The van der Waals surface area contributed by atoms with Crippen LogP contribution in [0, 0.1) is 12.8 Å². The molecule has 1 aliphatic rings. The third-order valence-electron chi connectivity index (χ3n) is 3.19. The van der Waals surface area contributed by atoms with Gasteiger partial charge in [-0.25, -0.2) is 0 Å². The van der Waals surface area contributed by atoms with Crippen molar-refractivity contribution >= 4 is 27.3 Å². The minimum absolute atomic E-state index is 0.408. The molecular formula is C12H18BrNOS. The number of nitrogens with one attached hydrogen (secondary N) is 1. The molecule has 1 aromatic heterocycles. The molecular weight excluding hydrogens is 286 g/mol. The monoisotopic (exact) mass is 303 g/mol. The van der Waals surface area contributed by atoms with Gasteiger partial charge < -0.3 is 10.1 Å². The third kappa shape index (κ3) is 2.50. The summed E-state index contributed by atoms with van der Waals surface area (Å²) >= 11 is 5.46. The van der Waals surface area contributed by atoms with Crippen LogP contribution in [-0.2, 0) is 4.74 Å². The van der Waals surface area contributed by atoms with E-state index in [2.05, 4.69) is 41.2 Å².